The standard InChI is InChI=1S/C17H22N2O4/c1-11-4-7-14(12(2)8-11)17(22)23-10-16(21)19(3)9-15(20)18-13-5-6-13/h4,7-8,13H,5-6,9-10H2,1-3H3,(H,18,20). The van der Waals surface area contributed by atoms with Crippen molar-refractivity contribution < 1.29 is 19.1 Å². The van der Waals surface area contributed by atoms with Crippen LogP contribution in [0.4, 0.5) is 0 Å². The molecule has 0 heterocycles. The van der Waals surface area contributed by atoms with Gasteiger partial charge in [0.05, 0.1) is 12.1 Å². The van der Waals surface area contributed by atoms with Crippen molar-refractivity contribution in [1.29, 1.82) is 0 Å². The van der Waals surface area contributed by atoms with Gasteiger partial charge in [0.2, 0.25) is 5.91 Å². The van der Waals surface area contributed by atoms with Crippen molar-refractivity contribution in [2.24, 2.45) is 0 Å². The first-order chi connectivity index (χ1) is 10.9. The number of benzene rings is 1. The first-order valence-electron chi connectivity index (χ1n) is 7.64. The molecular weight excluding hydrogens is 296 g/mol. The molecular formula is C17H22N2O4. The predicted octanol–water partition coefficient (Wildman–Crippen LogP) is 1.20. The number of nitrogens with one attached hydrogen (secondary N) is 1. The predicted molar refractivity (Wildman–Crippen MR) is 85.0 cm³/mol. The van der Waals surface area contributed by atoms with Gasteiger partial charge in [0.1, 0.15) is 0 Å². The summed E-state index contributed by atoms with van der Waals surface area (Å²) in [5, 5.41) is 2.80. The lowest BCUT2D eigenvalue weighted by molar-refractivity contribution is -0.137. The number of carbonyl (C=O) groups excluding carboxylic acids is 3. The van der Waals surface area contributed by atoms with Crippen molar-refractivity contribution in [2.45, 2.75) is 32.7 Å². The van der Waals surface area contributed by atoms with Crippen molar-refractivity contribution in [2.75, 3.05) is 20.2 Å². The zero-order chi connectivity index (χ0) is 17.0. The maximum Gasteiger partial charge on any atom is 0.338 e. The highest BCUT2D eigenvalue weighted by Gasteiger charge is 2.24. The number of amides is 2. The third kappa shape index (κ3) is 5.09. The lowest BCUT2D eigenvalue weighted by Crippen LogP contribution is -2.40. The van der Waals surface area contributed by atoms with E-state index < -0.39 is 11.9 Å². The molecule has 0 saturated heterocycles. The van der Waals surface area contributed by atoms with Crippen LogP contribution in [0.25, 0.3) is 0 Å². The maximum atomic E-state index is 12.0. The largest absolute Gasteiger partial charge is 0.452 e. The quantitative estimate of drug-likeness (QED) is 0.800. The summed E-state index contributed by atoms with van der Waals surface area (Å²) in [5.41, 5.74) is 2.30. The van der Waals surface area contributed by atoms with Crippen molar-refractivity contribution >= 4 is 17.8 Å². The Morgan fingerprint density at radius 2 is 1.96 bits per heavy atom. The van der Waals surface area contributed by atoms with Crippen molar-refractivity contribution in [3.8, 4) is 0 Å². The lowest BCUT2D eigenvalue weighted by Gasteiger charge is -2.17. The minimum Gasteiger partial charge on any atom is -0.452 e. The van der Waals surface area contributed by atoms with Gasteiger partial charge in [-0.3, -0.25) is 9.59 Å². The number of hydrogen-bond acceptors (Lipinski definition) is 4. The van der Waals surface area contributed by atoms with E-state index in [0.29, 0.717) is 5.56 Å². The highest BCUT2D eigenvalue weighted by molar-refractivity contribution is 5.93. The fourth-order valence-corrected chi connectivity index (χ4v) is 2.16. The average molecular weight is 318 g/mol. The summed E-state index contributed by atoms with van der Waals surface area (Å²) < 4.78 is 5.04. The van der Waals surface area contributed by atoms with Gasteiger partial charge >= 0.3 is 5.97 Å². The number of aryl methyl sites for hydroxylation is 2. The van der Waals surface area contributed by atoms with Gasteiger partial charge in [-0.1, -0.05) is 17.7 Å². The highest BCUT2D eigenvalue weighted by atomic mass is 16.5. The van der Waals surface area contributed by atoms with Crippen molar-refractivity contribution in [3.63, 3.8) is 0 Å². The van der Waals surface area contributed by atoms with Gasteiger partial charge in [-0.25, -0.2) is 4.79 Å². The Hall–Kier alpha value is -2.37. The molecule has 124 valence electrons. The number of rotatable bonds is 6. The van der Waals surface area contributed by atoms with E-state index in [-0.39, 0.29) is 25.1 Å². The molecule has 0 aromatic heterocycles. The molecule has 1 aromatic rings. The van der Waals surface area contributed by atoms with Crippen LogP contribution in [-0.4, -0.2) is 48.9 Å². The number of hydrogen-bond donors (Lipinski definition) is 1. The molecule has 2 amide bonds. The minimum absolute atomic E-state index is 0.0313. The lowest BCUT2D eigenvalue weighted by atomic mass is 10.1. The van der Waals surface area contributed by atoms with Gasteiger partial charge in [0, 0.05) is 13.1 Å². The van der Waals surface area contributed by atoms with Gasteiger partial charge < -0.3 is 15.0 Å². The Morgan fingerprint density at radius 3 is 2.57 bits per heavy atom. The molecule has 2 rings (SSSR count). The molecule has 1 aliphatic carbocycles. The van der Waals surface area contributed by atoms with Crippen LogP contribution >= 0.6 is 0 Å². The average Bonchev–Trinajstić information content (AvgIpc) is 3.27. The molecule has 6 nitrogen and oxygen atoms in total. The molecule has 1 saturated carbocycles. The van der Waals surface area contributed by atoms with Crippen LogP contribution in [0.3, 0.4) is 0 Å². The molecule has 1 fully saturated rings. The number of esters is 1. The summed E-state index contributed by atoms with van der Waals surface area (Å²) in [6.45, 7) is 3.35. The molecule has 0 atom stereocenters. The second kappa shape index (κ2) is 7.26. The zero-order valence-electron chi connectivity index (χ0n) is 13.7. The van der Waals surface area contributed by atoms with E-state index in [9.17, 15) is 14.4 Å². The molecule has 0 unspecified atom stereocenters. The first kappa shape index (κ1) is 17.0. The first-order valence-corrected chi connectivity index (χ1v) is 7.64. The topological polar surface area (TPSA) is 75.7 Å². The molecule has 23 heavy (non-hydrogen) atoms. The molecule has 1 aromatic carbocycles. The van der Waals surface area contributed by atoms with Crippen LogP contribution in [0.5, 0.6) is 0 Å². The van der Waals surface area contributed by atoms with Gasteiger partial charge in [-0.15, -0.1) is 0 Å². The van der Waals surface area contributed by atoms with Crippen LogP contribution in [0.2, 0.25) is 0 Å². The van der Waals surface area contributed by atoms with Crippen molar-refractivity contribution in [1.82, 2.24) is 10.2 Å². The Bertz CT molecular complexity index is 623. The van der Waals surface area contributed by atoms with Crippen LogP contribution in [-0.2, 0) is 14.3 Å². The number of carbonyl (C=O) groups is 3. The Morgan fingerprint density at radius 1 is 1.26 bits per heavy atom. The second-order valence-corrected chi connectivity index (χ2v) is 5.99. The van der Waals surface area contributed by atoms with Gasteiger partial charge in [-0.05, 0) is 38.3 Å². The summed E-state index contributed by atoms with van der Waals surface area (Å²) >= 11 is 0. The fourth-order valence-electron chi connectivity index (χ4n) is 2.16. The summed E-state index contributed by atoms with van der Waals surface area (Å²) in [6.07, 6.45) is 1.99. The van der Waals surface area contributed by atoms with E-state index >= 15 is 0 Å². The van der Waals surface area contributed by atoms with E-state index in [1.54, 1.807) is 6.07 Å². The Labute approximate surface area is 135 Å². The van der Waals surface area contributed by atoms with E-state index in [2.05, 4.69) is 5.32 Å². The normalized spacial score (nSPS) is 13.3. The third-order valence-electron chi connectivity index (χ3n) is 3.68. The summed E-state index contributed by atoms with van der Waals surface area (Å²) in [4.78, 5) is 36.8. The Balaban J connectivity index is 1.80. The SMILES string of the molecule is Cc1ccc(C(=O)OCC(=O)N(C)CC(=O)NC2CC2)c(C)c1. The monoisotopic (exact) mass is 318 g/mol. The van der Waals surface area contributed by atoms with Crippen LogP contribution in [0, 0.1) is 13.8 Å². The molecule has 0 radical (unpaired) electrons. The molecule has 1 N–H and O–H groups in total. The highest BCUT2D eigenvalue weighted by Crippen LogP contribution is 2.18. The van der Waals surface area contributed by atoms with Crippen LogP contribution < -0.4 is 5.32 Å². The molecule has 0 aliphatic heterocycles. The molecule has 1 aliphatic rings. The molecule has 0 bridgehead atoms. The van der Waals surface area contributed by atoms with E-state index in [0.717, 1.165) is 24.0 Å². The van der Waals surface area contributed by atoms with Crippen molar-refractivity contribution in [3.05, 3.63) is 34.9 Å². The maximum absolute atomic E-state index is 12.0. The van der Waals surface area contributed by atoms with E-state index in [4.69, 9.17) is 4.74 Å². The third-order valence-corrected chi connectivity index (χ3v) is 3.68. The number of ether oxygens (including phenoxy) is 1. The zero-order valence-corrected chi connectivity index (χ0v) is 13.7. The van der Waals surface area contributed by atoms with Gasteiger partial charge in [-0.2, -0.15) is 0 Å². The van der Waals surface area contributed by atoms with Crippen LogP contribution in [0.15, 0.2) is 18.2 Å². The summed E-state index contributed by atoms with van der Waals surface area (Å²) in [7, 11) is 1.51. The second-order valence-electron chi connectivity index (χ2n) is 5.99. The van der Waals surface area contributed by atoms with E-state index in [1.165, 1.54) is 11.9 Å². The smallest absolute Gasteiger partial charge is 0.338 e. The van der Waals surface area contributed by atoms with E-state index in [1.807, 2.05) is 26.0 Å². The minimum atomic E-state index is -0.535. The molecule has 0 spiro atoms. The summed E-state index contributed by atoms with van der Waals surface area (Å²) in [6, 6.07) is 5.64. The van der Waals surface area contributed by atoms with Gasteiger partial charge in [0.15, 0.2) is 6.61 Å². The summed E-state index contributed by atoms with van der Waals surface area (Å²) in [5.74, 6) is -1.13. The molecule has 6 heteroatoms. The van der Waals surface area contributed by atoms with Gasteiger partial charge in [0.25, 0.3) is 5.91 Å². The fraction of sp³-hybridized carbons (Fsp3) is 0.471. The Kier molecular flexibility index (Phi) is 5.36. The number of likely N-dealkylation sites (N-methyl/N-ethyl adjacent to an activating group) is 1. The van der Waals surface area contributed by atoms with Crippen LogP contribution in [0.1, 0.15) is 34.3 Å². The number of nitrogens with zero attached hydrogens (tertiary/aromatic N) is 1.